The molecular weight excluding hydrogens is 374 g/mol. The van der Waals surface area contributed by atoms with Gasteiger partial charge in [0.05, 0.1) is 5.69 Å². The minimum Gasteiger partial charge on any atom is -0.296 e. The van der Waals surface area contributed by atoms with Crippen molar-refractivity contribution >= 4 is 22.4 Å². The van der Waals surface area contributed by atoms with E-state index < -0.39 is 17.5 Å². The fourth-order valence-electron chi connectivity index (χ4n) is 2.46. The number of amides is 1. The molecule has 2 heterocycles. The van der Waals surface area contributed by atoms with Crippen molar-refractivity contribution in [2.24, 2.45) is 0 Å². The largest absolute Gasteiger partial charge is 0.296 e. The molecule has 27 heavy (non-hydrogen) atoms. The van der Waals surface area contributed by atoms with Gasteiger partial charge in [0.1, 0.15) is 5.69 Å². The number of nitrogens with one attached hydrogen (secondary N) is 1. The SMILES string of the molecule is CCCn1nc(C(=O)Nc2nc(-c3ccc(F)c(F)c3)c(C)s2)ccc1=O. The molecule has 1 amide bonds. The summed E-state index contributed by atoms with van der Waals surface area (Å²) in [5.41, 5.74) is 0.681. The van der Waals surface area contributed by atoms with Crippen LogP contribution in [-0.2, 0) is 6.54 Å². The lowest BCUT2D eigenvalue weighted by molar-refractivity contribution is 0.101. The zero-order valence-corrected chi connectivity index (χ0v) is 15.4. The van der Waals surface area contributed by atoms with E-state index in [1.54, 1.807) is 6.92 Å². The topological polar surface area (TPSA) is 76.9 Å². The van der Waals surface area contributed by atoms with Gasteiger partial charge >= 0.3 is 0 Å². The van der Waals surface area contributed by atoms with Gasteiger partial charge in [-0.3, -0.25) is 14.9 Å². The molecule has 0 bridgehead atoms. The van der Waals surface area contributed by atoms with E-state index in [2.05, 4.69) is 15.4 Å². The molecule has 2 aromatic heterocycles. The summed E-state index contributed by atoms with van der Waals surface area (Å²) >= 11 is 1.20. The number of aromatic nitrogens is 3. The van der Waals surface area contributed by atoms with Gasteiger partial charge in [0.15, 0.2) is 16.8 Å². The van der Waals surface area contributed by atoms with Crippen LogP contribution in [-0.4, -0.2) is 20.7 Å². The average Bonchev–Trinajstić information content (AvgIpc) is 2.99. The Morgan fingerprint density at radius 2 is 2.00 bits per heavy atom. The highest BCUT2D eigenvalue weighted by Gasteiger charge is 2.16. The van der Waals surface area contributed by atoms with Gasteiger partial charge in [-0.25, -0.2) is 18.4 Å². The number of hydrogen-bond donors (Lipinski definition) is 1. The lowest BCUT2D eigenvalue weighted by atomic mass is 10.1. The number of hydrogen-bond acceptors (Lipinski definition) is 5. The van der Waals surface area contributed by atoms with Gasteiger partial charge in [0, 0.05) is 23.1 Å². The van der Waals surface area contributed by atoms with Gasteiger partial charge in [-0.15, -0.1) is 11.3 Å². The molecule has 140 valence electrons. The van der Waals surface area contributed by atoms with E-state index in [4.69, 9.17) is 0 Å². The molecule has 6 nitrogen and oxygen atoms in total. The number of benzene rings is 1. The van der Waals surface area contributed by atoms with Crippen LogP contribution in [0.4, 0.5) is 13.9 Å². The molecule has 0 spiro atoms. The van der Waals surface area contributed by atoms with Crippen LogP contribution in [0.3, 0.4) is 0 Å². The lowest BCUT2D eigenvalue weighted by Gasteiger charge is -2.05. The Morgan fingerprint density at radius 1 is 1.22 bits per heavy atom. The standard InChI is InChI=1S/C18H16F2N4O2S/c1-3-8-24-15(25)7-6-14(23-24)17(26)22-18-21-16(10(2)27-18)11-4-5-12(19)13(20)9-11/h4-7,9H,3,8H2,1-2H3,(H,21,22,26). The van der Waals surface area contributed by atoms with Gasteiger partial charge in [-0.1, -0.05) is 6.92 Å². The zero-order valence-electron chi connectivity index (χ0n) is 14.6. The number of halogens is 2. The molecule has 0 aliphatic carbocycles. The Kier molecular flexibility index (Phi) is 5.41. The first-order valence-electron chi connectivity index (χ1n) is 8.21. The van der Waals surface area contributed by atoms with Crippen molar-refractivity contribution in [3.05, 3.63) is 62.9 Å². The van der Waals surface area contributed by atoms with Crippen LogP contribution in [0.5, 0.6) is 0 Å². The molecule has 1 N–H and O–H groups in total. The normalized spacial score (nSPS) is 10.8. The quantitative estimate of drug-likeness (QED) is 0.722. The molecule has 0 aliphatic rings. The van der Waals surface area contributed by atoms with E-state index in [0.717, 1.165) is 17.0 Å². The minimum atomic E-state index is -0.965. The van der Waals surface area contributed by atoms with Crippen molar-refractivity contribution in [1.29, 1.82) is 0 Å². The predicted octanol–water partition coefficient (Wildman–Crippen LogP) is 3.62. The van der Waals surface area contributed by atoms with Crippen LogP contribution in [0.15, 0.2) is 35.1 Å². The Morgan fingerprint density at radius 3 is 2.70 bits per heavy atom. The van der Waals surface area contributed by atoms with Crippen LogP contribution in [0, 0.1) is 18.6 Å². The summed E-state index contributed by atoms with van der Waals surface area (Å²) in [5, 5.41) is 6.97. The molecule has 3 rings (SSSR count). The zero-order chi connectivity index (χ0) is 19.6. The number of nitrogens with zero attached hydrogens (tertiary/aromatic N) is 3. The smallest absolute Gasteiger partial charge is 0.277 e. The fraction of sp³-hybridized carbons (Fsp3) is 0.222. The first-order chi connectivity index (χ1) is 12.9. The summed E-state index contributed by atoms with van der Waals surface area (Å²) < 4.78 is 27.8. The van der Waals surface area contributed by atoms with Crippen LogP contribution < -0.4 is 10.9 Å². The average molecular weight is 390 g/mol. The summed E-state index contributed by atoms with van der Waals surface area (Å²) in [6, 6.07) is 6.15. The number of anilines is 1. The molecular formula is C18H16F2N4O2S. The number of thiazole rings is 1. The van der Waals surface area contributed by atoms with E-state index in [-0.39, 0.29) is 11.3 Å². The van der Waals surface area contributed by atoms with Crippen molar-refractivity contribution in [2.75, 3.05) is 5.32 Å². The molecule has 0 fully saturated rings. The maximum Gasteiger partial charge on any atom is 0.277 e. The highest BCUT2D eigenvalue weighted by molar-refractivity contribution is 7.16. The van der Waals surface area contributed by atoms with Crippen LogP contribution in [0.25, 0.3) is 11.3 Å². The Bertz CT molecular complexity index is 1060. The van der Waals surface area contributed by atoms with Crippen molar-refractivity contribution in [3.8, 4) is 11.3 Å². The summed E-state index contributed by atoms with van der Waals surface area (Å²) in [6.45, 7) is 4.08. The second kappa shape index (κ2) is 7.75. The van der Waals surface area contributed by atoms with Crippen molar-refractivity contribution in [1.82, 2.24) is 14.8 Å². The van der Waals surface area contributed by atoms with Gasteiger partial charge in [0.25, 0.3) is 11.5 Å². The van der Waals surface area contributed by atoms with Gasteiger partial charge in [0.2, 0.25) is 0 Å². The van der Waals surface area contributed by atoms with Gasteiger partial charge < -0.3 is 0 Å². The van der Waals surface area contributed by atoms with Gasteiger partial charge in [-0.2, -0.15) is 5.10 Å². The molecule has 0 aliphatic heterocycles. The Balaban J connectivity index is 1.84. The molecule has 0 atom stereocenters. The first kappa shape index (κ1) is 18.8. The third-order valence-corrected chi connectivity index (χ3v) is 4.63. The van der Waals surface area contributed by atoms with Crippen LogP contribution >= 0.6 is 11.3 Å². The van der Waals surface area contributed by atoms with Crippen molar-refractivity contribution < 1.29 is 13.6 Å². The van der Waals surface area contributed by atoms with Crippen molar-refractivity contribution in [3.63, 3.8) is 0 Å². The molecule has 0 unspecified atom stereocenters. The second-order valence-electron chi connectivity index (χ2n) is 5.79. The van der Waals surface area contributed by atoms with Crippen molar-refractivity contribution in [2.45, 2.75) is 26.8 Å². The summed E-state index contributed by atoms with van der Waals surface area (Å²) in [5.74, 6) is -2.41. The van der Waals surface area contributed by atoms with Crippen LogP contribution in [0.2, 0.25) is 0 Å². The highest BCUT2D eigenvalue weighted by atomic mass is 32.1. The molecule has 9 heteroatoms. The van der Waals surface area contributed by atoms with E-state index in [1.165, 1.54) is 34.2 Å². The van der Waals surface area contributed by atoms with E-state index >= 15 is 0 Å². The van der Waals surface area contributed by atoms with E-state index in [0.29, 0.717) is 29.4 Å². The number of carbonyl (C=O) groups excluding carboxylic acids is 1. The molecule has 0 radical (unpaired) electrons. The predicted molar refractivity (Wildman–Crippen MR) is 98.9 cm³/mol. The summed E-state index contributed by atoms with van der Waals surface area (Å²) in [4.78, 5) is 29.1. The molecule has 0 saturated carbocycles. The maximum atomic E-state index is 13.5. The number of aryl methyl sites for hydroxylation is 2. The molecule has 1 aromatic carbocycles. The Labute approximate surface area is 157 Å². The van der Waals surface area contributed by atoms with E-state index in [1.807, 2.05) is 6.92 Å². The summed E-state index contributed by atoms with van der Waals surface area (Å²) in [6.07, 6.45) is 0.710. The molecule has 3 aromatic rings. The number of carbonyl (C=O) groups is 1. The third kappa shape index (κ3) is 4.08. The summed E-state index contributed by atoms with van der Waals surface area (Å²) in [7, 11) is 0. The first-order valence-corrected chi connectivity index (χ1v) is 9.03. The van der Waals surface area contributed by atoms with E-state index in [9.17, 15) is 18.4 Å². The lowest BCUT2D eigenvalue weighted by Crippen LogP contribution is -2.26. The van der Waals surface area contributed by atoms with Gasteiger partial charge in [-0.05, 0) is 37.6 Å². The monoisotopic (exact) mass is 390 g/mol. The number of rotatable bonds is 5. The Hall–Kier alpha value is -2.94. The minimum absolute atomic E-state index is 0.0882. The van der Waals surface area contributed by atoms with Crippen LogP contribution in [0.1, 0.15) is 28.7 Å². The maximum absolute atomic E-state index is 13.5. The third-order valence-electron chi connectivity index (χ3n) is 3.74. The fourth-order valence-corrected chi connectivity index (χ4v) is 3.30. The second-order valence-corrected chi connectivity index (χ2v) is 6.99. The molecule has 0 saturated heterocycles. The highest BCUT2D eigenvalue weighted by Crippen LogP contribution is 2.31.